The highest BCUT2D eigenvalue weighted by Crippen LogP contribution is 2.45. The maximum Gasteiger partial charge on any atom is 0.330 e. The molecule has 3 rings (SSSR count). The number of benzene rings is 2. The minimum atomic E-state index is -3.59. The molecule has 0 saturated heterocycles. The van der Waals surface area contributed by atoms with Crippen LogP contribution in [0.3, 0.4) is 0 Å². The number of hydrogen-bond donors (Lipinski definition) is 1. The monoisotopic (exact) mass is 331 g/mol. The number of aryl methyl sites for hydroxylation is 1. The van der Waals surface area contributed by atoms with Gasteiger partial charge in [-0.15, -0.1) is 0 Å². The number of anilines is 3. The van der Waals surface area contributed by atoms with E-state index in [2.05, 4.69) is 5.32 Å². The predicted octanol–water partition coefficient (Wildman–Crippen LogP) is 2.81. The van der Waals surface area contributed by atoms with Crippen LogP contribution in [-0.4, -0.2) is 28.6 Å². The Balaban J connectivity index is 2.05. The van der Waals surface area contributed by atoms with Crippen LogP contribution in [0, 0.1) is 6.92 Å². The van der Waals surface area contributed by atoms with E-state index in [0.717, 1.165) is 24.2 Å². The highest BCUT2D eigenvalue weighted by Gasteiger charge is 2.40. The van der Waals surface area contributed by atoms with Gasteiger partial charge in [0, 0.05) is 6.54 Å². The lowest BCUT2D eigenvalue weighted by atomic mass is 10.2. The van der Waals surface area contributed by atoms with Crippen LogP contribution in [0.2, 0.25) is 0 Å². The maximum atomic E-state index is 13.1. The zero-order chi connectivity index (χ0) is 16.4. The molecule has 0 spiro atoms. The van der Waals surface area contributed by atoms with E-state index in [0.29, 0.717) is 17.9 Å². The van der Waals surface area contributed by atoms with Gasteiger partial charge in [0.2, 0.25) is 0 Å². The molecule has 6 heteroatoms. The summed E-state index contributed by atoms with van der Waals surface area (Å²) in [6, 6.07) is 15.0. The van der Waals surface area contributed by atoms with E-state index in [4.69, 9.17) is 0 Å². The number of para-hydroxylation sites is 2. The van der Waals surface area contributed by atoms with Gasteiger partial charge in [-0.25, -0.2) is 4.31 Å². The Morgan fingerprint density at radius 3 is 2.30 bits per heavy atom. The van der Waals surface area contributed by atoms with Crippen molar-refractivity contribution in [1.82, 2.24) is 5.32 Å². The first-order valence-corrected chi connectivity index (χ1v) is 9.08. The van der Waals surface area contributed by atoms with Crippen molar-refractivity contribution < 1.29 is 8.42 Å². The van der Waals surface area contributed by atoms with Gasteiger partial charge in [0.1, 0.15) is 0 Å². The Kier molecular flexibility index (Phi) is 4.28. The lowest BCUT2D eigenvalue weighted by Gasteiger charge is -2.22. The number of rotatable bonds is 5. The van der Waals surface area contributed by atoms with Crippen LogP contribution in [0.5, 0.6) is 0 Å². The molecule has 1 heterocycles. The third-order valence-corrected chi connectivity index (χ3v) is 5.74. The van der Waals surface area contributed by atoms with E-state index in [1.165, 1.54) is 8.61 Å². The zero-order valence-electron chi connectivity index (χ0n) is 13.4. The fraction of sp³-hybridized carbons (Fsp3) is 0.294. The fourth-order valence-corrected chi connectivity index (χ4v) is 4.53. The van der Waals surface area contributed by atoms with Gasteiger partial charge in [-0.1, -0.05) is 29.8 Å². The van der Waals surface area contributed by atoms with Crippen molar-refractivity contribution in [2.75, 3.05) is 28.7 Å². The molecule has 0 fully saturated rings. The van der Waals surface area contributed by atoms with Crippen LogP contribution < -0.4 is 13.9 Å². The summed E-state index contributed by atoms with van der Waals surface area (Å²) in [6.07, 6.45) is 0.756. The number of nitrogens with one attached hydrogen (secondary N) is 1. The van der Waals surface area contributed by atoms with Gasteiger partial charge in [-0.2, -0.15) is 8.42 Å². The fourth-order valence-electron chi connectivity index (χ4n) is 2.78. The summed E-state index contributed by atoms with van der Waals surface area (Å²) in [7, 11) is -1.73. The SMILES string of the molecule is CNCCCN1c2ccccc2N(c2ccc(C)cc2)S1(=O)=O. The topological polar surface area (TPSA) is 52.6 Å². The highest BCUT2D eigenvalue weighted by atomic mass is 32.2. The molecule has 5 nitrogen and oxygen atoms in total. The van der Waals surface area contributed by atoms with Crippen molar-refractivity contribution in [1.29, 1.82) is 0 Å². The Bertz CT molecular complexity index is 788. The first-order chi connectivity index (χ1) is 11.1. The molecule has 0 bridgehead atoms. The van der Waals surface area contributed by atoms with Gasteiger partial charge in [0.25, 0.3) is 0 Å². The molecule has 0 radical (unpaired) electrons. The van der Waals surface area contributed by atoms with Gasteiger partial charge >= 0.3 is 10.2 Å². The quantitative estimate of drug-likeness (QED) is 0.857. The lowest BCUT2D eigenvalue weighted by Crippen LogP contribution is -2.36. The number of nitrogens with zero attached hydrogens (tertiary/aromatic N) is 2. The molecule has 122 valence electrons. The third-order valence-electron chi connectivity index (χ3n) is 3.93. The molecule has 2 aromatic carbocycles. The standard InChI is InChI=1S/C17H21N3O2S/c1-14-8-10-15(11-9-14)20-17-7-4-3-6-16(17)19(23(20,21)22)13-5-12-18-2/h3-4,6-11,18H,5,12-13H2,1-2H3. The molecular formula is C17H21N3O2S. The van der Waals surface area contributed by atoms with Crippen LogP contribution in [0.25, 0.3) is 0 Å². The molecule has 0 aromatic heterocycles. The van der Waals surface area contributed by atoms with Crippen molar-refractivity contribution in [2.24, 2.45) is 0 Å². The van der Waals surface area contributed by atoms with Gasteiger partial charge in [-0.3, -0.25) is 4.31 Å². The first kappa shape index (κ1) is 15.8. The summed E-state index contributed by atoms with van der Waals surface area (Å²) < 4.78 is 29.1. The minimum Gasteiger partial charge on any atom is -0.320 e. The van der Waals surface area contributed by atoms with E-state index in [1.54, 1.807) is 0 Å². The van der Waals surface area contributed by atoms with Crippen LogP contribution in [0.4, 0.5) is 17.1 Å². The second-order valence-corrected chi connectivity index (χ2v) is 7.33. The smallest absolute Gasteiger partial charge is 0.320 e. The molecule has 2 aromatic rings. The van der Waals surface area contributed by atoms with Crippen LogP contribution >= 0.6 is 0 Å². The second kappa shape index (κ2) is 6.22. The van der Waals surface area contributed by atoms with Gasteiger partial charge < -0.3 is 5.32 Å². The molecule has 0 atom stereocenters. The number of fused-ring (bicyclic) bond motifs is 1. The number of hydrogen-bond acceptors (Lipinski definition) is 3. The Labute approximate surface area is 137 Å². The maximum absolute atomic E-state index is 13.1. The van der Waals surface area contributed by atoms with E-state index in [1.807, 2.05) is 62.5 Å². The van der Waals surface area contributed by atoms with Crippen LogP contribution in [0.1, 0.15) is 12.0 Å². The van der Waals surface area contributed by atoms with E-state index in [9.17, 15) is 8.42 Å². The third kappa shape index (κ3) is 2.80. The normalized spacial score (nSPS) is 15.7. The largest absolute Gasteiger partial charge is 0.330 e. The summed E-state index contributed by atoms with van der Waals surface area (Å²) in [6.45, 7) is 3.22. The Morgan fingerprint density at radius 2 is 1.65 bits per heavy atom. The van der Waals surface area contributed by atoms with E-state index in [-0.39, 0.29) is 0 Å². The van der Waals surface area contributed by atoms with E-state index >= 15 is 0 Å². The molecular weight excluding hydrogens is 310 g/mol. The Morgan fingerprint density at radius 1 is 1.00 bits per heavy atom. The summed E-state index contributed by atoms with van der Waals surface area (Å²) in [5.74, 6) is 0. The molecule has 0 unspecified atom stereocenters. The van der Waals surface area contributed by atoms with Crippen molar-refractivity contribution in [2.45, 2.75) is 13.3 Å². The summed E-state index contributed by atoms with van der Waals surface area (Å²) in [5.41, 5.74) is 3.22. The van der Waals surface area contributed by atoms with Gasteiger partial charge in [0.15, 0.2) is 0 Å². The lowest BCUT2D eigenvalue weighted by molar-refractivity contribution is 0.591. The molecule has 1 N–H and O–H groups in total. The van der Waals surface area contributed by atoms with Crippen LogP contribution in [0.15, 0.2) is 48.5 Å². The average molecular weight is 331 g/mol. The van der Waals surface area contributed by atoms with Crippen molar-refractivity contribution in [3.8, 4) is 0 Å². The Hall–Kier alpha value is -2.05. The summed E-state index contributed by atoms with van der Waals surface area (Å²) >= 11 is 0. The molecule has 23 heavy (non-hydrogen) atoms. The average Bonchev–Trinajstić information content (AvgIpc) is 2.76. The predicted molar refractivity (Wildman–Crippen MR) is 94.6 cm³/mol. The summed E-state index contributed by atoms with van der Waals surface area (Å²) in [5, 5.41) is 3.06. The van der Waals surface area contributed by atoms with E-state index < -0.39 is 10.2 Å². The molecule has 0 aliphatic carbocycles. The molecule has 1 aliphatic rings. The second-order valence-electron chi connectivity index (χ2n) is 5.63. The molecule has 0 amide bonds. The molecule has 1 aliphatic heterocycles. The summed E-state index contributed by atoms with van der Waals surface area (Å²) in [4.78, 5) is 0. The first-order valence-electron chi connectivity index (χ1n) is 7.69. The van der Waals surface area contributed by atoms with Crippen LogP contribution in [-0.2, 0) is 10.2 Å². The van der Waals surface area contributed by atoms with Crippen molar-refractivity contribution >= 4 is 27.3 Å². The highest BCUT2D eigenvalue weighted by molar-refractivity contribution is 7.95. The zero-order valence-corrected chi connectivity index (χ0v) is 14.2. The minimum absolute atomic E-state index is 0.461. The van der Waals surface area contributed by atoms with Gasteiger partial charge in [0.05, 0.1) is 17.1 Å². The molecule has 0 saturated carbocycles. The van der Waals surface area contributed by atoms with Crippen molar-refractivity contribution in [3.63, 3.8) is 0 Å². The van der Waals surface area contributed by atoms with Crippen molar-refractivity contribution in [3.05, 3.63) is 54.1 Å². The van der Waals surface area contributed by atoms with Gasteiger partial charge in [-0.05, 0) is 51.2 Å².